The summed E-state index contributed by atoms with van der Waals surface area (Å²) >= 11 is 0. The quantitative estimate of drug-likeness (QED) is 0.194. The number of hydrogen-bond acceptors (Lipinski definition) is 4. The van der Waals surface area contributed by atoms with E-state index in [0.29, 0.717) is 6.42 Å². The van der Waals surface area contributed by atoms with Gasteiger partial charge in [-0.15, -0.1) is 0 Å². The van der Waals surface area contributed by atoms with Crippen LogP contribution in [0.4, 0.5) is 0 Å². The van der Waals surface area contributed by atoms with Crippen LogP contribution in [0.1, 0.15) is 123 Å². The molecule has 0 bridgehead atoms. The van der Waals surface area contributed by atoms with Gasteiger partial charge in [0.15, 0.2) is 0 Å². The van der Waals surface area contributed by atoms with E-state index in [9.17, 15) is 18.1 Å². The molecule has 0 spiro atoms. The van der Waals surface area contributed by atoms with Crippen LogP contribution >= 0.6 is 0 Å². The molecule has 158 valence electrons. The van der Waals surface area contributed by atoms with Gasteiger partial charge < -0.3 is 9.66 Å². The van der Waals surface area contributed by atoms with Gasteiger partial charge in [0.2, 0.25) is 0 Å². The molecule has 0 heterocycles. The molecule has 0 radical (unpaired) electrons. The van der Waals surface area contributed by atoms with E-state index in [2.05, 4.69) is 6.92 Å². The summed E-state index contributed by atoms with van der Waals surface area (Å²) < 4.78 is 32.4. The van der Waals surface area contributed by atoms with Gasteiger partial charge in [0, 0.05) is 5.25 Å². The number of unbranched alkanes of at least 4 members (excludes halogenated alkanes) is 12. The fourth-order valence-electron chi connectivity index (χ4n) is 3.32. The van der Waals surface area contributed by atoms with Crippen molar-refractivity contribution in [3.8, 4) is 0 Å². The Balaban J connectivity index is 0. The van der Waals surface area contributed by atoms with Crippen molar-refractivity contribution >= 4 is 10.1 Å². The molecule has 4 nitrogen and oxygen atoms in total. The minimum absolute atomic E-state index is 0. The summed E-state index contributed by atoms with van der Waals surface area (Å²) in [5.41, 5.74) is 0. The van der Waals surface area contributed by atoms with Crippen LogP contribution in [-0.4, -0.2) is 29.4 Å². The van der Waals surface area contributed by atoms with Gasteiger partial charge in [0.25, 0.3) is 0 Å². The largest absolute Gasteiger partial charge is 1.00 e. The molecule has 2 unspecified atom stereocenters. The fraction of sp³-hybridized carbons (Fsp3) is 1.00. The molecule has 0 saturated carbocycles. The van der Waals surface area contributed by atoms with E-state index in [1.54, 1.807) is 0 Å². The van der Waals surface area contributed by atoms with Crippen LogP contribution in [0.3, 0.4) is 0 Å². The van der Waals surface area contributed by atoms with Gasteiger partial charge in [-0.1, -0.05) is 96.8 Å². The normalized spacial score (nSPS) is 13.9. The van der Waals surface area contributed by atoms with E-state index in [4.69, 9.17) is 0 Å². The smallest absolute Gasteiger partial charge is 0.748 e. The van der Waals surface area contributed by atoms with Crippen molar-refractivity contribution in [3.63, 3.8) is 0 Å². The maximum absolute atomic E-state index is 10.8. The molecule has 6 heteroatoms. The van der Waals surface area contributed by atoms with Gasteiger partial charge in [0.1, 0.15) is 0 Å². The summed E-state index contributed by atoms with van der Waals surface area (Å²) in [6.07, 6.45) is 18.9. The van der Waals surface area contributed by atoms with Crippen LogP contribution in [0.5, 0.6) is 0 Å². The Hall–Kier alpha value is 1.51. The third-order valence-corrected chi connectivity index (χ3v) is 6.50. The molecule has 0 saturated heterocycles. The van der Waals surface area contributed by atoms with Crippen molar-refractivity contribution in [1.82, 2.24) is 0 Å². The second-order valence-electron chi connectivity index (χ2n) is 7.92. The predicted molar refractivity (Wildman–Crippen MR) is 109 cm³/mol. The van der Waals surface area contributed by atoms with Crippen molar-refractivity contribution < 1.29 is 69.5 Å². The van der Waals surface area contributed by atoms with Crippen molar-refractivity contribution in [2.75, 3.05) is 0 Å². The summed E-state index contributed by atoms with van der Waals surface area (Å²) in [4.78, 5) is 0. The Kier molecular flexibility index (Phi) is 23.6. The number of hydrogen-bond donors (Lipinski definition) is 1. The van der Waals surface area contributed by atoms with E-state index < -0.39 is 15.4 Å². The Labute approximate surface area is 211 Å². The molecule has 2 atom stereocenters. The van der Waals surface area contributed by atoms with Gasteiger partial charge in [-0.2, -0.15) is 0 Å². The van der Waals surface area contributed by atoms with Crippen LogP contribution in [0, 0.1) is 0 Å². The predicted octanol–water partition coefficient (Wildman–Crippen LogP) is 2.94. The molecule has 0 aliphatic heterocycles. The number of aliphatic hydroxyl groups excluding tert-OH is 1. The van der Waals surface area contributed by atoms with Gasteiger partial charge in [-0.05, 0) is 26.2 Å². The summed E-state index contributed by atoms with van der Waals surface area (Å²) in [6.45, 7) is 3.73. The molecule has 0 fully saturated rings. The summed E-state index contributed by atoms with van der Waals surface area (Å²) in [5.74, 6) is 0. The van der Waals surface area contributed by atoms with Crippen molar-refractivity contribution in [3.05, 3.63) is 0 Å². The molecule has 0 aromatic rings. The zero-order valence-electron chi connectivity index (χ0n) is 18.3. The van der Waals surface area contributed by atoms with E-state index in [1.807, 2.05) is 0 Å². The van der Waals surface area contributed by atoms with Crippen molar-refractivity contribution in [1.29, 1.82) is 0 Å². The van der Waals surface area contributed by atoms with Crippen LogP contribution < -0.4 is 51.4 Å². The van der Waals surface area contributed by atoms with Gasteiger partial charge in [0.05, 0.1) is 16.2 Å². The number of aliphatic hydroxyl groups is 1. The van der Waals surface area contributed by atoms with Gasteiger partial charge in [-0.3, -0.25) is 0 Å². The summed E-state index contributed by atoms with van der Waals surface area (Å²) in [6, 6.07) is 0. The number of rotatable bonds is 19. The Bertz CT molecular complexity index is 401. The first-order valence-corrected chi connectivity index (χ1v) is 12.5. The topological polar surface area (TPSA) is 77.4 Å². The molecule has 0 aliphatic rings. The van der Waals surface area contributed by atoms with Gasteiger partial charge >= 0.3 is 51.4 Å². The first-order valence-electron chi connectivity index (χ1n) is 11.0. The Morgan fingerprint density at radius 1 is 0.704 bits per heavy atom. The molecule has 0 rings (SSSR count). The molecule has 0 amide bonds. The zero-order chi connectivity index (χ0) is 19.7. The van der Waals surface area contributed by atoms with E-state index in [-0.39, 0.29) is 57.5 Å². The maximum atomic E-state index is 10.8. The molecule has 27 heavy (non-hydrogen) atoms. The fourth-order valence-corrected chi connectivity index (χ4v) is 3.78. The third-order valence-electron chi connectivity index (χ3n) is 5.28. The summed E-state index contributed by atoms with van der Waals surface area (Å²) in [7, 11) is -4.13. The first-order chi connectivity index (χ1) is 12.4. The Morgan fingerprint density at radius 2 is 1.04 bits per heavy atom. The van der Waals surface area contributed by atoms with E-state index in [0.717, 1.165) is 38.5 Å². The van der Waals surface area contributed by atoms with Crippen molar-refractivity contribution in [2.45, 2.75) is 134 Å². The van der Waals surface area contributed by atoms with Crippen LogP contribution in [0.25, 0.3) is 0 Å². The average Bonchev–Trinajstić information content (AvgIpc) is 2.58. The molecular weight excluding hydrogens is 387 g/mol. The minimum atomic E-state index is -4.13. The average molecular weight is 431 g/mol. The second-order valence-corrected chi connectivity index (χ2v) is 9.71. The van der Waals surface area contributed by atoms with Crippen LogP contribution in [0.2, 0.25) is 0 Å². The SMILES string of the molecule is CCCCCCCCCCCCCC(O)CCCCCC(C)S(=O)(=O)[O-].[K+]. The molecule has 0 aromatic heterocycles. The summed E-state index contributed by atoms with van der Waals surface area (Å²) in [5, 5.41) is 9.20. The van der Waals surface area contributed by atoms with E-state index in [1.165, 1.54) is 71.1 Å². The van der Waals surface area contributed by atoms with Crippen molar-refractivity contribution in [2.24, 2.45) is 0 Å². The monoisotopic (exact) mass is 430 g/mol. The molecule has 1 N–H and O–H groups in total. The minimum Gasteiger partial charge on any atom is -0.748 e. The van der Waals surface area contributed by atoms with Gasteiger partial charge in [-0.25, -0.2) is 8.42 Å². The standard InChI is InChI=1S/C21H44O4S.K/c1-3-4-5-6-7-8-9-10-11-12-15-18-21(22)19-16-13-14-17-20(2)26(23,24)25;/h20-22H,3-19H2,1-2H3,(H,23,24,25);/q;+1/p-1. The molecule has 0 aromatic carbocycles. The first kappa shape index (κ1) is 30.7. The van der Waals surface area contributed by atoms with E-state index >= 15 is 0 Å². The Morgan fingerprint density at radius 3 is 1.44 bits per heavy atom. The third kappa shape index (κ3) is 22.0. The molecular formula is C21H43KO4S. The second kappa shape index (κ2) is 20.8. The maximum Gasteiger partial charge on any atom is 1.00 e. The van der Waals surface area contributed by atoms with Crippen LogP contribution in [0.15, 0.2) is 0 Å². The van der Waals surface area contributed by atoms with Crippen LogP contribution in [-0.2, 0) is 10.1 Å². The zero-order valence-corrected chi connectivity index (χ0v) is 22.2. The molecule has 0 aliphatic carbocycles.